The Hall–Kier alpha value is -2.15. The molecule has 0 atom stereocenters. The number of benzene rings is 1. The van der Waals surface area contributed by atoms with Gasteiger partial charge in [-0.1, -0.05) is 18.2 Å². The molecule has 1 aromatic heterocycles. The zero-order chi connectivity index (χ0) is 25.6. The molecule has 0 spiro atoms. The van der Waals surface area contributed by atoms with Gasteiger partial charge in [0.25, 0.3) is 5.91 Å². The van der Waals surface area contributed by atoms with Crippen LogP contribution >= 0.6 is 34.7 Å². The number of aromatic nitrogens is 1. The third-order valence-corrected chi connectivity index (χ3v) is 6.47. The van der Waals surface area contributed by atoms with Gasteiger partial charge in [0.1, 0.15) is 17.2 Å². The van der Waals surface area contributed by atoms with Gasteiger partial charge in [0.15, 0.2) is 0 Å². The zero-order valence-electron chi connectivity index (χ0n) is 19.3. The second kappa shape index (κ2) is 15.8. The minimum Gasteiger partial charge on any atom is -0.472 e. The van der Waals surface area contributed by atoms with Crippen LogP contribution in [0.3, 0.4) is 0 Å². The van der Waals surface area contributed by atoms with E-state index in [1.165, 1.54) is 0 Å². The molecule has 0 saturated carbocycles. The summed E-state index contributed by atoms with van der Waals surface area (Å²) in [5.41, 5.74) is 8.07. The van der Waals surface area contributed by atoms with E-state index in [-0.39, 0.29) is 42.1 Å². The number of anilines is 1. The summed E-state index contributed by atoms with van der Waals surface area (Å²) in [4.78, 5) is 26.3. The Kier molecular flexibility index (Phi) is 13.1. The van der Waals surface area contributed by atoms with E-state index in [1.54, 1.807) is 0 Å². The van der Waals surface area contributed by atoms with Crippen LogP contribution in [0.1, 0.15) is 39.9 Å². The molecule has 0 bridgehead atoms. The normalized spacial score (nSPS) is 11.0. The van der Waals surface area contributed by atoms with Crippen LogP contribution in [0.2, 0.25) is 0 Å². The van der Waals surface area contributed by atoms with Crippen molar-refractivity contribution in [1.82, 2.24) is 14.6 Å². The van der Waals surface area contributed by atoms with Gasteiger partial charge in [-0.25, -0.2) is 4.79 Å². The molecule has 2 aromatic rings. The number of halogens is 2. The molecule has 10 nitrogen and oxygen atoms in total. The van der Waals surface area contributed by atoms with Crippen molar-refractivity contribution >= 4 is 51.7 Å². The number of hydrogen-bond acceptors (Lipinski definition) is 8. The van der Waals surface area contributed by atoms with E-state index in [4.69, 9.17) is 43.9 Å². The summed E-state index contributed by atoms with van der Waals surface area (Å²) >= 11 is 12.9. The fourth-order valence-corrected chi connectivity index (χ4v) is 4.70. The van der Waals surface area contributed by atoms with Crippen molar-refractivity contribution in [3.63, 3.8) is 0 Å². The molecule has 13 heteroatoms. The number of hydrogen-bond donors (Lipinski definition) is 5. The average molecular weight is 548 g/mol. The van der Waals surface area contributed by atoms with E-state index in [1.807, 2.05) is 23.1 Å². The number of carbonyl (C=O) groups is 2. The number of aliphatic hydroxyl groups excluding tert-OH is 2. The van der Waals surface area contributed by atoms with Crippen LogP contribution in [0.5, 0.6) is 5.88 Å². The maximum absolute atomic E-state index is 12.3. The van der Waals surface area contributed by atoms with Crippen molar-refractivity contribution in [3.05, 3.63) is 40.5 Å². The second-order valence-corrected chi connectivity index (χ2v) is 8.85. The molecular formula is C22H31Cl2N5O5S. The molecule has 1 heterocycles. The Morgan fingerprint density at radius 1 is 1.09 bits per heavy atom. The van der Waals surface area contributed by atoms with E-state index >= 15 is 0 Å². The van der Waals surface area contributed by atoms with Gasteiger partial charge in [-0.15, -0.1) is 23.2 Å². The van der Waals surface area contributed by atoms with Gasteiger partial charge in [-0.2, -0.15) is 4.37 Å². The summed E-state index contributed by atoms with van der Waals surface area (Å²) < 4.78 is 9.89. The number of amides is 3. The molecule has 0 aliphatic rings. The fraction of sp³-hybridized carbons (Fsp3) is 0.500. The van der Waals surface area contributed by atoms with Crippen LogP contribution in [-0.4, -0.2) is 70.8 Å². The van der Waals surface area contributed by atoms with Gasteiger partial charge in [0.2, 0.25) is 5.88 Å². The first kappa shape index (κ1) is 29.1. The Morgan fingerprint density at radius 2 is 1.80 bits per heavy atom. The van der Waals surface area contributed by atoms with E-state index in [0.717, 1.165) is 34.6 Å². The summed E-state index contributed by atoms with van der Waals surface area (Å²) in [6.45, 7) is 2.24. The van der Waals surface area contributed by atoms with Crippen LogP contribution in [0.4, 0.5) is 9.80 Å². The largest absolute Gasteiger partial charge is 0.472 e. The lowest BCUT2D eigenvalue weighted by atomic mass is 10.0. The first-order valence-corrected chi connectivity index (χ1v) is 12.9. The minimum atomic E-state index is -0.774. The van der Waals surface area contributed by atoms with Crippen LogP contribution in [0.15, 0.2) is 18.2 Å². The van der Waals surface area contributed by atoms with Crippen molar-refractivity contribution in [2.24, 2.45) is 5.73 Å². The number of rotatable bonds is 16. The smallest absolute Gasteiger partial charge is 0.319 e. The van der Waals surface area contributed by atoms with Gasteiger partial charge in [0, 0.05) is 31.4 Å². The lowest BCUT2D eigenvalue weighted by Crippen LogP contribution is -2.32. The molecule has 0 radical (unpaired) electrons. The Morgan fingerprint density at radius 3 is 2.43 bits per heavy atom. The highest BCUT2D eigenvalue weighted by atomic mass is 35.5. The van der Waals surface area contributed by atoms with Gasteiger partial charge in [-0.3, -0.25) is 15.0 Å². The van der Waals surface area contributed by atoms with E-state index < -0.39 is 11.9 Å². The van der Waals surface area contributed by atoms with E-state index in [2.05, 4.69) is 15.0 Å². The van der Waals surface area contributed by atoms with E-state index in [0.29, 0.717) is 38.5 Å². The van der Waals surface area contributed by atoms with Gasteiger partial charge in [0.05, 0.1) is 13.2 Å². The van der Waals surface area contributed by atoms with Crippen LogP contribution < -0.4 is 21.1 Å². The molecule has 35 heavy (non-hydrogen) atoms. The number of urea groups is 1. The number of nitrogens with two attached hydrogens (primary N) is 1. The Bertz CT molecular complexity index is 956. The van der Waals surface area contributed by atoms with Crippen LogP contribution in [0.25, 0.3) is 0 Å². The monoisotopic (exact) mass is 547 g/mol. The summed E-state index contributed by atoms with van der Waals surface area (Å²) in [7, 11) is 0. The van der Waals surface area contributed by atoms with Crippen molar-refractivity contribution in [1.29, 1.82) is 0 Å². The Balaban J connectivity index is 1.91. The van der Waals surface area contributed by atoms with Crippen LogP contribution in [0, 0.1) is 0 Å². The predicted octanol–water partition coefficient (Wildman–Crippen LogP) is 2.49. The highest BCUT2D eigenvalue weighted by Crippen LogP contribution is 2.31. The van der Waals surface area contributed by atoms with Crippen molar-refractivity contribution in [3.8, 4) is 5.88 Å². The first-order valence-electron chi connectivity index (χ1n) is 11.1. The van der Waals surface area contributed by atoms with Crippen molar-refractivity contribution in [2.75, 3.05) is 44.7 Å². The van der Waals surface area contributed by atoms with Gasteiger partial charge < -0.3 is 26.0 Å². The number of aliphatic hydroxyl groups is 2. The summed E-state index contributed by atoms with van der Waals surface area (Å²) in [5, 5.41) is 23.6. The fourth-order valence-electron chi connectivity index (χ4n) is 3.37. The Labute approximate surface area is 218 Å². The molecule has 0 unspecified atom stereocenters. The molecule has 1 aromatic carbocycles. The highest BCUT2D eigenvalue weighted by molar-refractivity contribution is 7.11. The SMILES string of the molecule is NC(=O)c1c(OCc2cccc(CCl)c2CCl)nsc1NC(=O)NCCCCN(CCO)CCO. The minimum absolute atomic E-state index is 0.00489. The maximum Gasteiger partial charge on any atom is 0.319 e. The number of ether oxygens (including phenoxy) is 1. The molecule has 0 aliphatic carbocycles. The maximum atomic E-state index is 12.3. The number of unbranched alkanes of at least 4 members (excludes halogenated alkanes) is 1. The lowest BCUT2D eigenvalue weighted by molar-refractivity contribution is 0.0996. The van der Waals surface area contributed by atoms with E-state index in [9.17, 15) is 9.59 Å². The molecule has 0 saturated heterocycles. The second-order valence-electron chi connectivity index (χ2n) is 7.54. The van der Waals surface area contributed by atoms with Crippen molar-refractivity contribution in [2.45, 2.75) is 31.2 Å². The average Bonchev–Trinajstić information content (AvgIpc) is 3.24. The molecular weight excluding hydrogens is 517 g/mol. The standard InChI is InChI=1S/C22H31Cl2N5O5S/c23-12-15-4-3-5-16(17(15)13-24)14-34-20-18(19(25)32)21(35-28-20)27-22(33)26-6-1-2-7-29(8-10-30)9-11-31/h3-5,30-31H,1-2,6-14H2,(H2,25,32)(H2,26,27,33). The van der Waals surface area contributed by atoms with Gasteiger partial charge in [-0.05, 0) is 47.6 Å². The summed E-state index contributed by atoms with van der Waals surface area (Å²) in [5.74, 6) is -0.174. The molecule has 0 fully saturated rings. The number of nitrogens with zero attached hydrogens (tertiary/aromatic N) is 2. The predicted molar refractivity (Wildman–Crippen MR) is 137 cm³/mol. The lowest BCUT2D eigenvalue weighted by Gasteiger charge is -2.19. The number of nitrogens with one attached hydrogen (secondary N) is 2. The molecule has 2 rings (SSSR count). The number of alkyl halides is 2. The number of carbonyl (C=O) groups excluding carboxylic acids is 2. The van der Waals surface area contributed by atoms with Crippen LogP contribution in [-0.2, 0) is 18.4 Å². The summed E-state index contributed by atoms with van der Waals surface area (Å²) in [6, 6.07) is 5.08. The third-order valence-electron chi connectivity index (χ3n) is 5.17. The van der Waals surface area contributed by atoms with Crippen molar-refractivity contribution < 1.29 is 24.5 Å². The topological polar surface area (TPSA) is 150 Å². The zero-order valence-corrected chi connectivity index (χ0v) is 21.6. The molecule has 194 valence electrons. The highest BCUT2D eigenvalue weighted by Gasteiger charge is 2.22. The first-order chi connectivity index (χ1) is 16.9. The molecule has 0 aliphatic heterocycles. The van der Waals surface area contributed by atoms with Gasteiger partial charge >= 0.3 is 6.03 Å². The molecule has 6 N–H and O–H groups in total. The number of primary amides is 1. The quantitative estimate of drug-likeness (QED) is 0.160. The summed E-state index contributed by atoms with van der Waals surface area (Å²) in [6.07, 6.45) is 1.48. The molecule has 3 amide bonds. The third kappa shape index (κ3) is 9.10.